The number of carbonyl (C=O) groups is 2. The highest BCUT2D eigenvalue weighted by Crippen LogP contribution is 2.30. The lowest BCUT2D eigenvalue weighted by Gasteiger charge is -2.39. The number of piperidine rings is 1. The summed E-state index contributed by atoms with van der Waals surface area (Å²) in [7, 11) is 0. The molecule has 5 heteroatoms. The van der Waals surface area contributed by atoms with Crippen LogP contribution in [0.5, 0.6) is 0 Å². The highest BCUT2D eigenvalue weighted by atomic mass is 16.4. The Hall–Kier alpha value is -1.36. The molecule has 1 saturated heterocycles. The molecular formula is C14H21NO4. The number of allylic oxidation sites excluding steroid dienone is 2. The summed E-state index contributed by atoms with van der Waals surface area (Å²) >= 11 is 0. The van der Waals surface area contributed by atoms with E-state index in [0.29, 0.717) is 32.4 Å². The number of aliphatic carboxylic acids is 1. The average Bonchev–Trinajstić information content (AvgIpc) is 2.36. The Labute approximate surface area is 112 Å². The van der Waals surface area contributed by atoms with Crippen LogP contribution in [0.4, 0.5) is 0 Å². The van der Waals surface area contributed by atoms with E-state index in [1.54, 1.807) is 11.8 Å². The van der Waals surface area contributed by atoms with E-state index in [4.69, 9.17) is 0 Å². The van der Waals surface area contributed by atoms with Crippen LogP contribution in [-0.2, 0) is 9.59 Å². The maximum atomic E-state index is 12.5. The Bertz CT molecular complexity index is 402. The monoisotopic (exact) mass is 267 g/mol. The Morgan fingerprint density at radius 1 is 1.26 bits per heavy atom. The SMILES string of the molecule is CC1(O)CCCN(C(=O)C2CC=CCC2C(=O)O)C1. The molecule has 0 bridgehead atoms. The van der Waals surface area contributed by atoms with Crippen molar-refractivity contribution >= 4 is 11.9 Å². The van der Waals surface area contributed by atoms with Gasteiger partial charge in [0.15, 0.2) is 0 Å². The van der Waals surface area contributed by atoms with Gasteiger partial charge in [0, 0.05) is 13.1 Å². The van der Waals surface area contributed by atoms with Gasteiger partial charge in [0.2, 0.25) is 5.91 Å². The first-order chi connectivity index (χ1) is 8.91. The number of hydrogen-bond acceptors (Lipinski definition) is 3. The molecular weight excluding hydrogens is 246 g/mol. The zero-order valence-electron chi connectivity index (χ0n) is 11.2. The molecule has 1 aliphatic heterocycles. The number of amides is 1. The highest BCUT2D eigenvalue weighted by Gasteiger charge is 2.39. The highest BCUT2D eigenvalue weighted by molar-refractivity contribution is 5.85. The van der Waals surface area contributed by atoms with Gasteiger partial charge < -0.3 is 15.1 Å². The van der Waals surface area contributed by atoms with Crippen LogP contribution in [0.15, 0.2) is 12.2 Å². The first-order valence-corrected chi connectivity index (χ1v) is 6.80. The summed E-state index contributed by atoms with van der Waals surface area (Å²) in [5, 5.41) is 19.2. The van der Waals surface area contributed by atoms with E-state index in [0.717, 1.165) is 6.42 Å². The quantitative estimate of drug-likeness (QED) is 0.732. The summed E-state index contributed by atoms with van der Waals surface area (Å²) < 4.78 is 0. The zero-order chi connectivity index (χ0) is 14.0. The van der Waals surface area contributed by atoms with E-state index in [1.807, 2.05) is 12.2 Å². The van der Waals surface area contributed by atoms with Crippen LogP contribution < -0.4 is 0 Å². The minimum Gasteiger partial charge on any atom is -0.481 e. The van der Waals surface area contributed by atoms with E-state index < -0.39 is 23.4 Å². The van der Waals surface area contributed by atoms with Crippen molar-refractivity contribution in [1.82, 2.24) is 4.90 Å². The predicted octanol–water partition coefficient (Wildman–Crippen LogP) is 1.03. The number of β-amino-alcohol motifs (C(OH)–C–C–N with tert-alkyl or cyclic N) is 1. The summed E-state index contributed by atoms with van der Waals surface area (Å²) in [6.45, 7) is 2.64. The maximum Gasteiger partial charge on any atom is 0.307 e. The fraction of sp³-hybridized carbons (Fsp3) is 0.714. The first kappa shape index (κ1) is 14.1. The Morgan fingerprint density at radius 3 is 2.47 bits per heavy atom. The molecule has 3 unspecified atom stereocenters. The molecule has 2 rings (SSSR count). The average molecular weight is 267 g/mol. The summed E-state index contributed by atoms with van der Waals surface area (Å²) in [6, 6.07) is 0. The molecule has 3 atom stereocenters. The normalized spacial score (nSPS) is 35.2. The molecule has 1 fully saturated rings. The number of aliphatic hydroxyl groups is 1. The van der Waals surface area contributed by atoms with Gasteiger partial charge in [0.25, 0.3) is 0 Å². The predicted molar refractivity (Wildman–Crippen MR) is 69.4 cm³/mol. The third kappa shape index (κ3) is 3.15. The second-order valence-electron chi connectivity index (χ2n) is 5.85. The topological polar surface area (TPSA) is 77.8 Å². The van der Waals surface area contributed by atoms with Crippen molar-refractivity contribution < 1.29 is 19.8 Å². The number of likely N-dealkylation sites (tertiary alicyclic amines) is 1. The van der Waals surface area contributed by atoms with Gasteiger partial charge in [-0.05, 0) is 32.6 Å². The Morgan fingerprint density at radius 2 is 1.89 bits per heavy atom. The molecule has 5 nitrogen and oxygen atoms in total. The molecule has 0 aromatic heterocycles. The van der Waals surface area contributed by atoms with Crippen LogP contribution in [0.1, 0.15) is 32.6 Å². The van der Waals surface area contributed by atoms with Crippen molar-refractivity contribution in [3.8, 4) is 0 Å². The van der Waals surface area contributed by atoms with Gasteiger partial charge >= 0.3 is 5.97 Å². The number of rotatable bonds is 2. The smallest absolute Gasteiger partial charge is 0.307 e. The largest absolute Gasteiger partial charge is 0.481 e. The molecule has 0 saturated carbocycles. The summed E-state index contributed by atoms with van der Waals surface area (Å²) in [4.78, 5) is 25.3. The summed E-state index contributed by atoms with van der Waals surface area (Å²) in [6.07, 6.45) is 6.05. The van der Waals surface area contributed by atoms with Crippen molar-refractivity contribution in [2.45, 2.75) is 38.2 Å². The molecule has 19 heavy (non-hydrogen) atoms. The fourth-order valence-electron chi connectivity index (χ4n) is 3.00. The van der Waals surface area contributed by atoms with Crippen molar-refractivity contribution in [3.63, 3.8) is 0 Å². The van der Waals surface area contributed by atoms with Gasteiger partial charge in [-0.3, -0.25) is 9.59 Å². The van der Waals surface area contributed by atoms with Crippen LogP contribution in [0.25, 0.3) is 0 Å². The minimum absolute atomic E-state index is 0.128. The van der Waals surface area contributed by atoms with Crippen LogP contribution in [0, 0.1) is 11.8 Å². The first-order valence-electron chi connectivity index (χ1n) is 6.80. The molecule has 1 heterocycles. The molecule has 0 spiro atoms. The summed E-state index contributed by atoms with van der Waals surface area (Å²) in [5.74, 6) is -2.16. The van der Waals surface area contributed by atoms with E-state index in [9.17, 15) is 19.8 Å². The molecule has 2 aliphatic rings. The lowest BCUT2D eigenvalue weighted by molar-refractivity contribution is -0.153. The number of carbonyl (C=O) groups excluding carboxylic acids is 1. The number of hydrogen-bond donors (Lipinski definition) is 2. The summed E-state index contributed by atoms with van der Waals surface area (Å²) in [5.41, 5.74) is -0.850. The van der Waals surface area contributed by atoms with Gasteiger partial charge in [-0.25, -0.2) is 0 Å². The van der Waals surface area contributed by atoms with Crippen LogP contribution in [-0.4, -0.2) is 45.7 Å². The van der Waals surface area contributed by atoms with Crippen molar-refractivity contribution in [3.05, 3.63) is 12.2 Å². The third-order valence-electron chi connectivity index (χ3n) is 4.05. The fourth-order valence-corrected chi connectivity index (χ4v) is 3.00. The number of nitrogens with zero attached hydrogens (tertiary/aromatic N) is 1. The maximum absolute atomic E-state index is 12.5. The van der Waals surface area contributed by atoms with E-state index in [1.165, 1.54) is 0 Å². The van der Waals surface area contributed by atoms with Crippen LogP contribution in [0.2, 0.25) is 0 Å². The second-order valence-corrected chi connectivity index (χ2v) is 5.85. The number of carboxylic acids is 1. The third-order valence-corrected chi connectivity index (χ3v) is 4.05. The van der Waals surface area contributed by atoms with E-state index >= 15 is 0 Å². The molecule has 1 aliphatic carbocycles. The molecule has 0 radical (unpaired) electrons. The zero-order valence-corrected chi connectivity index (χ0v) is 11.2. The van der Waals surface area contributed by atoms with Gasteiger partial charge in [-0.1, -0.05) is 12.2 Å². The van der Waals surface area contributed by atoms with E-state index in [2.05, 4.69) is 0 Å². The second kappa shape index (κ2) is 5.33. The molecule has 0 aromatic carbocycles. The minimum atomic E-state index is -0.911. The standard InChI is InChI=1S/C14H21NO4/c1-14(19)7-4-8-15(9-14)12(16)10-5-2-3-6-11(10)13(17)18/h2-3,10-11,19H,4-9H2,1H3,(H,17,18). The molecule has 2 N–H and O–H groups in total. The Kier molecular flexibility index (Phi) is 3.94. The van der Waals surface area contributed by atoms with E-state index in [-0.39, 0.29) is 5.91 Å². The molecule has 106 valence electrons. The number of carboxylic acid groups (broad SMARTS) is 1. The van der Waals surface area contributed by atoms with Gasteiger partial charge in [0.1, 0.15) is 0 Å². The Balaban J connectivity index is 2.09. The van der Waals surface area contributed by atoms with Gasteiger partial charge in [0.05, 0.1) is 17.4 Å². The van der Waals surface area contributed by atoms with Crippen molar-refractivity contribution in [2.24, 2.45) is 11.8 Å². The lowest BCUT2D eigenvalue weighted by Crippen LogP contribution is -2.51. The van der Waals surface area contributed by atoms with Crippen LogP contribution >= 0.6 is 0 Å². The molecule has 0 aromatic rings. The van der Waals surface area contributed by atoms with Crippen molar-refractivity contribution in [2.75, 3.05) is 13.1 Å². The van der Waals surface area contributed by atoms with Gasteiger partial charge in [-0.2, -0.15) is 0 Å². The van der Waals surface area contributed by atoms with Gasteiger partial charge in [-0.15, -0.1) is 0 Å². The van der Waals surface area contributed by atoms with Crippen LogP contribution in [0.3, 0.4) is 0 Å². The van der Waals surface area contributed by atoms with Crippen molar-refractivity contribution in [1.29, 1.82) is 0 Å². The molecule has 1 amide bonds. The lowest BCUT2D eigenvalue weighted by atomic mass is 9.81.